The van der Waals surface area contributed by atoms with Crippen molar-refractivity contribution in [2.45, 2.75) is 39.8 Å². The molecule has 4 nitrogen and oxygen atoms in total. The van der Waals surface area contributed by atoms with Crippen LogP contribution in [0.2, 0.25) is 0 Å². The van der Waals surface area contributed by atoms with Crippen LogP contribution in [-0.4, -0.2) is 18.3 Å². The van der Waals surface area contributed by atoms with Crippen molar-refractivity contribution in [3.8, 4) is 5.75 Å². The van der Waals surface area contributed by atoms with Crippen LogP contribution in [-0.2, 0) is 32.6 Å². The summed E-state index contributed by atoms with van der Waals surface area (Å²) in [5, 5.41) is 10.1. The number of hydrogen-bond acceptors (Lipinski definition) is 4. The maximum atomic E-state index is 12.7. The standard InChI is InChI=1S/C20H27O4P/c1-4-16-7-9-17(10-8-16)13-18-11-12-20(21)19(14-18)15-25(22,23-5-2)24-6-3/h7-12,14,21H,4-6,13,15H2,1-3H3. The van der Waals surface area contributed by atoms with Gasteiger partial charge in [0.15, 0.2) is 0 Å². The number of hydrogen-bond donors (Lipinski definition) is 1. The first kappa shape index (κ1) is 19.7. The summed E-state index contributed by atoms with van der Waals surface area (Å²) in [6, 6.07) is 13.9. The second-order valence-corrected chi connectivity index (χ2v) is 7.97. The van der Waals surface area contributed by atoms with Gasteiger partial charge in [-0.3, -0.25) is 4.57 Å². The van der Waals surface area contributed by atoms with Gasteiger partial charge in [-0.25, -0.2) is 0 Å². The van der Waals surface area contributed by atoms with E-state index in [2.05, 4.69) is 31.2 Å². The average molecular weight is 362 g/mol. The Hall–Kier alpha value is -1.61. The molecular weight excluding hydrogens is 335 g/mol. The number of benzene rings is 2. The molecule has 0 aliphatic carbocycles. The van der Waals surface area contributed by atoms with Gasteiger partial charge < -0.3 is 14.2 Å². The van der Waals surface area contributed by atoms with E-state index in [-0.39, 0.29) is 11.9 Å². The van der Waals surface area contributed by atoms with Crippen molar-refractivity contribution in [2.24, 2.45) is 0 Å². The Morgan fingerprint density at radius 1 is 0.880 bits per heavy atom. The molecule has 0 spiro atoms. The molecule has 2 aromatic carbocycles. The van der Waals surface area contributed by atoms with Gasteiger partial charge in [-0.1, -0.05) is 43.3 Å². The first-order valence-electron chi connectivity index (χ1n) is 8.76. The van der Waals surface area contributed by atoms with E-state index in [1.807, 2.05) is 12.1 Å². The van der Waals surface area contributed by atoms with Gasteiger partial charge in [-0.15, -0.1) is 0 Å². The van der Waals surface area contributed by atoms with Crippen molar-refractivity contribution in [1.82, 2.24) is 0 Å². The summed E-state index contributed by atoms with van der Waals surface area (Å²) >= 11 is 0. The molecule has 1 N–H and O–H groups in total. The molecule has 136 valence electrons. The molecule has 0 aromatic heterocycles. The third-order valence-electron chi connectivity index (χ3n) is 4.00. The molecule has 0 bridgehead atoms. The van der Waals surface area contributed by atoms with Gasteiger partial charge in [0.05, 0.1) is 19.4 Å². The first-order valence-corrected chi connectivity index (χ1v) is 10.5. The van der Waals surface area contributed by atoms with Gasteiger partial charge in [-0.05, 0) is 49.4 Å². The van der Waals surface area contributed by atoms with Gasteiger partial charge in [0, 0.05) is 5.56 Å². The lowest BCUT2D eigenvalue weighted by molar-refractivity contribution is 0.219. The molecule has 5 heteroatoms. The second-order valence-electron chi connectivity index (χ2n) is 5.91. The zero-order chi connectivity index (χ0) is 18.3. The lowest BCUT2D eigenvalue weighted by Crippen LogP contribution is -2.00. The minimum Gasteiger partial charge on any atom is -0.508 e. The Labute approximate surface area is 150 Å². The Morgan fingerprint density at radius 3 is 2.00 bits per heavy atom. The van der Waals surface area contributed by atoms with Crippen molar-refractivity contribution < 1.29 is 18.7 Å². The van der Waals surface area contributed by atoms with Crippen LogP contribution in [0.4, 0.5) is 0 Å². The summed E-state index contributed by atoms with van der Waals surface area (Å²) in [6.07, 6.45) is 1.85. The fraction of sp³-hybridized carbons (Fsp3) is 0.400. The van der Waals surface area contributed by atoms with Crippen molar-refractivity contribution in [2.75, 3.05) is 13.2 Å². The summed E-state index contributed by atoms with van der Waals surface area (Å²) in [4.78, 5) is 0. The maximum Gasteiger partial charge on any atom is 0.335 e. The highest BCUT2D eigenvalue weighted by atomic mass is 31.2. The van der Waals surface area contributed by atoms with Crippen molar-refractivity contribution >= 4 is 7.60 Å². The largest absolute Gasteiger partial charge is 0.508 e. The molecule has 25 heavy (non-hydrogen) atoms. The number of aromatic hydroxyl groups is 1. The van der Waals surface area contributed by atoms with E-state index in [4.69, 9.17) is 9.05 Å². The lowest BCUT2D eigenvalue weighted by Gasteiger charge is -2.18. The molecule has 2 rings (SSSR count). The van der Waals surface area contributed by atoms with E-state index in [0.717, 1.165) is 18.4 Å². The third-order valence-corrected chi connectivity index (χ3v) is 6.03. The highest BCUT2D eigenvalue weighted by Gasteiger charge is 2.25. The number of aryl methyl sites for hydroxylation is 1. The van der Waals surface area contributed by atoms with Gasteiger partial charge in [0.25, 0.3) is 0 Å². The highest BCUT2D eigenvalue weighted by Crippen LogP contribution is 2.52. The maximum absolute atomic E-state index is 12.7. The summed E-state index contributed by atoms with van der Waals surface area (Å²) < 4.78 is 23.4. The van der Waals surface area contributed by atoms with E-state index in [0.29, 0.717) is 18.8 Å². The normalized spacial score (nSPS) is 11.6. The second kappa shape index (κ2) is 9.19. The Balaban J connectivity index is 2.19. The molecule has 0 saturated carbocycles. The summed E-state index contributed by atoms with van der Waals surface area (Å²) in [5.41, 5.74) is 4.15. The van der Waals surface area contributed by atoms with Gasteiger partial charge in [-0.2, -0.15) is 0 Å². The van der Waals surface area contributed by atoms with E-state index < -0.39 is 7.60 Å². The predicted octanol–water partition coefficient (Wildman–Crippen LogP) is 5.31. The quantitative estimate of drug-likeness (QED) is 0.614. The topological polar surface area (TPSA) is 55.8 Å². The Kier molecular flexibility index (Phi) is 7.24. The summed E-state index contributed by atoms with van der Waals surface area (Å²) in [6.45, 7) is 6.31. The minimum atomic E-state index is -3.24. The zero-order valence-electron chi connectivity index (χ0n) is 15.2. The molecule has 0 unspecified atom stereocenters. The van der Waals surface area contributed by atoms with Crippen molar-refractivity contribution in [3.63, 3.8) is 0 Å². The summed E-state index contributed by atoms with van der Waals surface area (Å²) in [5.74, 6) is 0.115. The van der Waals surface area contributed by atoms with Crippen LogP contribution in [0.1, 0.15) is 43.0 Å². The highest BCUT2D eigenvalue weighted by molar-refractivity contribution is 7.53. The summed E-state index contributed by atoms with van der Waals surface area (Å²) in [7, 11) is -3.24. The van der Waals surface area contributed by atoms with Gasteiger partial charge in [0.1, 0.15) is 5.75 Å². The molecular formula is C20H27O4P. The molecule has 2 aromatic rings. The number of rotatable bonds is 9. The molecule has 0 saturated heterocycles. The van der Waals surface area contributed by atoms with Crippen molar-refractivity contribution in [1.29, 1.82) is 0 Å². The molecule has 0 aliphatic rings. The molecule has 0 aliphatic heterocycles. The van der Waals surface area contributed by atoms with E-state index in [1.54, 1.807) is 19.9 Å². The smallest absolute Gasteiger partial charge is 0.335 e. The fourth-order valence-electron chi connectivity index (χ4n) is 2.73. The SMILES string of the molecule is CCOP(=O)(Cc1cc(Cc2ccc(CC)cc2)ccc1O)OCC. The minimum absolute atomic E-state index is 0.0725. The number of phenols is 1. The van der Waals surface area contributed by atoms with Crippen LogP contribution in [0.5, 0.6) is 5.75 Å². The molecule has 0 amide bonds. The average Bonchev–Trinajstić information content (AvgIpc) is 2.59. The van der Waals surface area contributed by atoms with Gasteiger partial charge in [0.2, 0.25) is 0 Å². The van der Waals surface area contributed by atoms with Gasteiger partial charge >= 0.3 is 7.60 Å². The zero-order valence-corrected chi connectivity index (χ0v) is 16.1. The van der Waals surface area contributed by atoms with E-state index in [1.165, 1.54) is 11.1 Å². The lowest BCUT2D eigenvalue weighted by atomic mass is 10.0. The monoisotopic (exact) mass is 362 g/mol. The van der Waals surface area contributed by atoms with Crippen LogP contribution < -0.4 is 0 Å². The van der Waals surface area contributed by atoms with E-state index >= 15 is 0 Å². The molecule has 0 fully saturated rings. The Morgan fingerprint density at radius 2 is 1.44 bits per heavy atom. The Bertz CT molecular complexity index is 715. The van der Waals surface area contributed by atoms with Crippen LogP contribution in [0.3, 0.4) is 0 Å². The van der Waals surface area contributed by atoms with Crippen LogP contribution in [0.25, 0.3) is 0 Å². The molecule has 0 radical (unpaired) electrons. The number of phenolic OH excluding ortho intramolecular Hbond substituents is 1. The van der Waals surface area contributed by atoms with Crippen molar-refractivity contribution in [3.05, 3.63) is 64.7 Å². The predicted molar refractivity (Wildman–Crippen MR) is 101 cm³/mol. The van der Waals surface area contributed by atoms with Crippen LogP contribution in [0, 0.1) is 0 Å². The van der Waals surface area contributed by atoms with Crippen LogP contribution >= 0.6 is 7.60 Å². The van der Waals surface area contributed by atoms with Crippen LogP contribution in [0.15, 0.2) is 42.5 Å². The fourth-order valence-corrected chi connectivity index (χ4v) is 4.45. The first-order chi connectivity index (χ1) is 12.0. The third kappa shape index (κ3) is 5.71. The van der Waals surface area contributed by atoms with E-state index in [9.17, 15) is 9.67 Å². The molecule has 0 atom stereocenters. The molecule has 0 heterocycles.